The van der Waals surface area contributed by atoms with Gasteiger partial charge < -0.3 is 5.32 Å². The molecule has 0 radical (unpaired) electrons. The van der Waals surface area contributed by atoms with Crippen LogP contribution < -0.4 is 5.32 Å². The molecule has 17 heavy (non-hydrogen) atoms. The smallest absolute Gasteiger partial charge is 0.225 e. The molecule has 0 saturated heterocycles. The molecular formula is C14H22N2O. The first kappa shape index (κ1) is 13.7. The zero-order chi connectivity index (χ0) is 12.7. The van der Waals surface area contributed by atoms with Gasteiger partial charge in [0, 0.05) is 24.4 Å². The molecule has 0 aliphatic carbocycles. The van der Waals surface area contributed by atoms with Crippen molar-refractivity contribution < 1.29 is 4.79 Å². The van der Waals surface area contributed by atoms with E-state index in [9.17, 15) is 4.79 Å². The van der Waals surface area contributed by atoms with Crippen LogP contribution in [-0.4, -0.2) is 17.4 Å². The van der Waals surface area contributed by atoms with E-state index in [1.54, 1.807) is 6.20 Å². The van der Waals surface area contributed by atoms with E-state index in [4.69, 9.17) is 0 Å². The van der Waals surface area contributed by atoms with Gasteiger partial charge in [0.15, 0.2) is 0 Å². The maximum absolute atomic E-state index is 11.6. The van der Waals surface area contributed by atoms with Crippen molar-refractivity contribution in [2.24, 2.45) is 5.41 Å². The van der Waals surface area contributed by atoms with Crippen LogP contribution in [0.2, 0.25) is 0 Å². The summed E-state index contributed by atoms with van der Waals surface area (Å²) in [4.78, 5) is 15.7. The number of unbranched alkanes of at least 4 members (excludes halogenated alkanes) is 1. The molecule has 3 heteroatoms. The Bertz CT molecular complexity index is 341. The Hall–Kier alpha value is -1.38. The van der Waals surface area contributed by atoms with E-state index in [1.165, 1.54) is 5.56 Å². The molecule has 0 aliphatic rings. The molecule has 1 aromatic heterocycles. The van der Waals surface area contributed by atoms with E-state index in [2.05, 4.69) is 16.4 Å². The molecule has 1 rings (SSSR count). The summed E-state index contributed by atoms with van der Waals surface area (Å²) in [6.07, 6.45) is 6.80. The van der Waals surface area contributed by atoms with Gasteiger partial charge >= 0.3 is 0 Å². The maximum Gasteiger partial charge on any atom is 0.225 e. The fourth-order valence-corrected chi connectivity index (χ4v) is 1.47. The molecule has 1 aromatic rings. The molecule has 1 N–H and O–H groups in total. The molecule has 0 fully saturated rings. The highest BCUT2D eigenvalue weighted by Crippen LogP contribution is 2.12. The molecule has 0 aromatic carbocycles. The lowest BCUT2D eigenvalue weighted by Crippen LogP contribution is -2.35. The summed E-state index contributed by atoms with van der Waals surface area (Å²) in [6.45, 7) is 6.55. The predicted molar refractivity (Wildman–Crippen MR) is 69.6 cm³/mol. The second-order valence-electron chi connectivity index (χ2n) is 5.32. The van der Waals surface area contributed by atoms with Gasteiger partial charge in [0.05, 0.1) is 0 Å². The quantitative estimate of drug-likeness (QED) is 0.796. The predicted octanol–water partition coefficient (Wildman–Crippen LogP) is 2.57. The Morgan fingerprint density at radius 3 is 2.71 bits per heavy atom. The Morgan fingerprint density at radius 1 is 1.35 bits per heavy atom. The molecule has 1 amide bonds. The van der Waals surface area contributed by atoms with Gasteiger partial charge in [-0.05, 0) is 30.9 Å². The summed E-state index contributed by atoms with van der Waals surface area (Å²) >= 11 is 0. The van der Waals surface area contributed by atoms with Gasteiger partial charge in [0.2, 0.25) is 5.91 Å². The fraction of sp³-hybridized carbons (Fsp3) is 0.571. The number of pyridine rings is 1. The number of rotatable bonds is 5. The van der Waals surface area contributed by atoms with E-state index in [1.807, 2.05) is 33.0 Å². The lowest BCUT2D eigenvalue weighted by molar-refractivity contribution is -0.128. The summed E-state index contributed by atoms with van der Waals surface area (Å²) in [5.41, 5.74) is 0.971. The van der Waals surface area contributed by atoms with E-state index in [-0.39, 0.29) is 11.3 Å². The minimum Gasteiger partial charge on any atom is -0.356 e. The molecule has 0 saturated carbocycles. The van der Waals surface area contributed by atoms with Crippen molar-refractivity contribution in [2.75, 3.05) is 6.54 Å². The van der Waals surface area contributed by atoms with Crippen molar-refractivity contribution in [1.82, 2.24) is 10.3 Å². The number of aryl methyl sites for hydroxylation is 1. The van der Waals surface area contributed by atoms with Crippen LogP contribution in [0.3, 0.4) is 0 Å². The van der Waals surface area contributed by atoms with E-state index in [0.29, 0.717) is 0 Å². The molecule has 1 heterocycles. The number of carbonyl (C=O) groups excluding carboxylic acids is 1. The van der Waals surface area contributed by atoms with Crippen LogP contribution in [0.4, 0.5) is 0 Å². The zero-order valence-corrected chi connectivity index (χ0v) is 11.0. The normalized spacial score (nSPS) is 11.2. The van der Waals surface area contributed by atoms with Crippen LogP contribution in [0.25, 0.3) is 0 Å². The first-order valence-corrected chi connectivity index (χ1v) is 6.17. The molecule has 0 aliphatic heterocycles. The first-order valence-electron chi connectivity index (χ1n) is 6.17. The molecule has 0 spiro atoms. The number of carbonyl (C=O) groups is 1. The summed E-state index contributed by atoms with van der Waals surface area (Å²) in [5.74, 6) is 0.124. The van der Waals surface area contributed by atoms with Crippen molar-refractivity contribution in [3.63, 3.8) is 0 Å². The van der Waals surface area contributed by atoms with Crippen LogP contribution in [0.1, 0.15) is 39.2 Å². The number of hydrogen-bond acceptors (Lipinski definition) is 2. The van der Waals surface area contributed by atoms with Crippen LogP contribution in [0.15, 0.2) is 24.5 Å². The summed E-state index contributed by atoms with van der Waals surface area (Å²) < 4.78 is 0. The van der Waals surface area contributed by atoms with E-state index < -0.39 is 0 Å². The van der Waals surface area contributed by atoms with Crippen LogP contribution in [-0.2, 0) is 11.2 Å². The van der Waals surface area contributed by atoms with Gasteiger partial charge in [-0.15, -0.1) is 0 Å². The average molecular weight is 234 g/mol. The Labute approximate surface area is 104 Å². The zero-order valence-electron chi connectivity index (χ0n) is 11.0. The second kappa shape index (κ2) is 6.38. The summed E-state index contributed by atoms with van der Waals surface area (Å²) in [5, 5.41) is 2.95. The van der Waals surface area contributed by atoms with Gasteiger partial charge in [-0.2, -0.15) is 0 Å². The number of nitrogens with one attached hydrogen (secondary N) is 1. The van der Waals surface area contributed by atoms with Gasteiger partial charge in [0.25, 0.3) is 0 Å². The fourth-order valence-electron chi connectivity index (χ4n) is 1.47. The molecule has 94 valence electrons. The second-order valence-corrected chi connectivity index (χ2v) is 5.32. The largest absolute Gasteiger partial charge is 0.356 e. The van der Waals surface area contributed by atoms with Crippen molar-refractivity contribution in [3.05, 3.63) is 30.1 Å². The minimum atomic E-state index is -0.288. The van der Waals surface area contributed by atoms with Crippen molar-refractivity contribution in [2.45, 2.75) is 40.0 Å². The SMILES string of the molecule is CC(C)(C)C(=O)NCCCCc1cccnc1. The molecule has 0 bridgehead atoms. The maximum atomic E-state index is 11.6. The monoisotopic (exact) mass is 234 g/mol. The number of aromatic nitrogens is 1. The first-order chi connectivity index (χ1) is 8.00. The van der Waals surface area contributed by atoms with Gasteiger partial charge in [-0.3, -0.25) is 9.78 Å². The summed E-state index contributed by atoms with van der Waals surface area (Å²) in [7, 11) is 0. The lowest BCUT2D eigenvalue weighted by Gasteiger charge is -2.17. The van der Waals surface area contributed by atoms with E-state index in [0.717, 1.165) is 25.8 Å². The van der Waals surface area contributed by atoms with Crippen molar-refractivity contribution >= 4 is 5.91 Å². The highest BCUT2D eigenvalue weighted by molar-refractivity contribution is 5.81. The lowest BCUT2D eigenvalue weighted by atomic mass is 9.96. The minimum absolute atomic E-state index is 0.124. The van der Waals surface area contributed by atoms with Gasteiger partial charge in [0.1, 0.15) is 0 Å². The number of amides is 1. The Kier molecular flexibility index (Phi) is 5.13. The third-order valence-corrected chi connectivity index (χ3v) is 2.58. The van der Waals surface area contributed by atoms with Gasteiger partial charge in [-0.25, -0.2) is 0 Å². The highest BCUT2D eigenvalue weighted by atomic mass is 16.2. The van der Waals surface area contributed by atoms with Crippen LogP contribution in [0, 0.1) is 5.41 Å². The van der Waals surface area contributed by atoms with Crippen molar-refractivity contribution in [3.8, 4) is 0 Å². The highest BCUT2D eigenvalue weighted by Gasteiger charge is 2.19. The Morgan fingerprint density at radius 2 is 2.12 bits per heavy atom. The number of hydrogen-bond donors (Lipinski definition) is 1. The topological polar surface area (TPSA) is 42.0 Å². The third kappa shape index (κ3) is 5.48. The molecule has 0 atom stereocenters. The number of nitrogens with zero attached hydrogens (tertiary/aromatic N) is 1. The molecule has 3 nitrogen and oxygen atoms in total. The summed E-state index contributed by atoms with van der Waals surface area (Å²) in [6, 6.07) is 4.04. The molecular weight excluding hydrogens is 212 g/mol. The third-order valence-electron chi connectivity index (χ3n) is 2.58. The Balaban J connectivity index is 2.12. The van der Waals surface area contributed by atoms with E-state index >= 15 is 0 Å². The van der Waals surface area contributed by atoms with Crippen LogP contribution >= 0.6 is 0 Å². The van der Waals surface area contributed by atoms with Crippen LogP contribution in [0.5, 0.6) is 0 Å². The molecule has 0 unspecified atom stereocenters. The average Bonchev–Trinajstić information content (AvgIpc) is 2.28. The van der Waals surface area contributed by atoms with Crippen molar-refractivity contribution in [1.29, 1.82) is 0 Å². The van der Waals surface area contributed by atoms with Gasteiger partial charge in [-0.1, -0.05) is 26.8 Å². The standard InChI is InChI=1S/C14H22N2O/c1-14(2,3)13(17)16-10-5-4-7-12-8-6-9-15-11-12/h6,8-9,11H,4-5,7,10H2,1-3H3,(H,16,17).